The zero-order chi connectivity index (χ0) is 19.3. The van der Waals surface area contributed by atoms with E-state index >= 15 is 0 Å². The number of methoxy groups -OCH3 is 2. The Bertz CT molecular complexity index is 674. The number of hydrogen-bond acceptors (Lipinski definition) is 5. The summed E-state index contributed by atoms with van der Waals surface area (Å²) in [6, 6.07) is 3.93. The Morgan fingerprint density at radius 1 is 1.19 bits per heavy atom. The summed E-state index contributed by atoms with van der Waals surface area (Å²) in [5.41, 5.74) is 7.09. The van der Waals surface area contributed by atoms with Crippen LogP contribution in [0.1, 0.15) is 37.8 Å². The fraction of sp³-hybridized carbons (Fsp3) is 0.579. The zero-order valence-electron chi connectivity index (χ0n) is 16.5. The molecule has 0 spiro atoms. The fourth-order valence-corrected chi connectivity index (χ4v) is 2.92. The Morgan fingerprint density at radius 2 is 1.78 bits per heavy atom. The molecule has 1 aliphatic heterocycles. The largest absolute Gasteiger partial charge is 0.493 e. The second-order valence-corrected chi connectivity index (χ2v) is 7.12. The van der Waals surface area contributed by atoms with Crippen LogP contribution >= 0.6 is 12.4 Å². The summed E-state index contributed by atoms with van der Waals surface area (Å²) in [6.45, 7) is 5.00. The van der Waals surface area contributed by atoms with E-state index in [4.69, 9.17) is 15.2 Å². The van der Waals surface area contributed by atoms with E-state index in [1.807, 2.05) is 17.0 Å². The van der Waals surface area contributed by atoms with Gasteiger partial charge in [0.1, 0.15) is 0 Å². The molecule has 0 atom stereocenters. The van der Waals surface area contributed by atoms with Crippen LogP contribution in [0, 0.1) is 0 Å². The lowest BCUT2D eigenvalue weighted by Gasteiger charge is -2.29. The number of hydrogen-bond donors (Lipinski definition) is 2. The van der Waals surface area contributed by atoms with Gasteiger partial charge in [0.25, 0.3) is 0 Å². The van der Waals surface area contributed by atoms with Crippen LogP contribution in [0.4, 0.5) is 0 Å². The quantitative estimate of drug-likeness (QED) is 0.680. The average Bonchev–Trinajstić information content (AvgIpc) is 2.62. The van der Waals surface area contributed by atoms with Gasteiger partial charge in [-0.3, -0.25) is 9.59 Å². The third-order valence-corrected chi connectivity index (χ3v) is 4.51. The standard InChI is InChI=1S/C19H29N3O4.ClH/c1-19(2,20)18(24)21-8-5-6-17(23)22-9-7-13-10-15(25-3)16(26-4)11-14(13)12-22;/h10-11H,5-9,12,20H2,1-4H3,(H,21,24);1H. The molecule has 7 nitrogen and oxygen atoms in total. The maximum Gasteiger partial charge on any atom is 0.239 e. The van der Waals surface area contributed by atoms with Crippen molar-refractivity contribution in [3.05, 3.63) is 23.3 Å². The van der Waals surface area contributed by atoms with Gasteiger partial charge in [-0.1, -0.05) is 0 Å². The molecule has 0 bridgehead atoms. The topological polar surface area (TPSA) is 93.9 Å². The van der Waals surface area contributed by atoms with E-state index in [9.17, 15) is 9.59 Å². The van der Waals surface area contributed by atoms with Gasteiger partial charge in [0.15, 0.2) is 11.5 Å². The number of carbonyl (C=O) groups is 2. The van der Waals surface area contributed by atoms with Crippen molar-refractivity contribution in [1.29, 1.82) is 0 Å². The van der Waals surface area contributed by atoms with E-state index in [0.29, 0.717) is 44.0 Å². The Balaban J connectivity index is 0.00000364. The SMILES string of the molecule is COc1cc2c(cc1OC)CN(C(=O)CCCNC(=O)C(C)(C)N)CC2.Cl. The molecule has 0 aromatic heterocycles. The van der Waals surface area contributed by atoms with Gasteiger partial charge in [-0.05, 0) is 49.9 Å². The molecule has 1 aliphatic rings. The van der Waals surface area contributed by atoms with Crippen molar-refractivity contribution >= 4 is 24.2 Å². The normalized spacial score (nSPS) is 13.3. The van der Waals surface area contributed by atoms with Gasteiger partial charge in [0.05, 0.1) is 19.8 Å². The van der Waals surface area contributed by atoms with Gasteiger partial charge in [0.2, 0.25) is 11.8 Å². The van der Waals surface area contributed by atoms with Gasteiger partial charge in [-0.15, -0.1) is 12.4 Å². The molecule has 1 aromatic rings. The Hall–Kier alpha value is -1.99. The van der Waals surface area contributed by atoms with Crippen LogP contribution in [0.5, 0.6) is 11.5 Å². The van der Waals surface area contributed by atoms with Gasteiger partial charge >= 0.3 is 0 Å². The highest BCUT2D eigenvalue weighted by Gasteiger charge is 2.23. The van der Waals surface area contributed by atoms with E-state index in [-0.39, 0.29) is 24.2 Å². The average molecular weight is 400 g/mol. The molecule has 2 amide bonds. The lowest BCUT2D eigenvalue weighted by Crippen LogP contribution is -2.49. The first-order valence-electron chi connectivity index (χ1n) is 8.85. The summed E-state index contributed by atoms with van der Waals surface area (Å²) in [4.78, 5) is 26.0. The van der Waals surface area contributed by atoms with E-state index in [1.54, 1.807) is 28.1 Å². The minimum Gasteiger partial charge on any atom is -0.493 e. The molecule has 1 heterocycles. The van der Waals surface area contributed by atoms with Crippen LogP contribution in [0.2, 0.25) is 0 Å². The molecular weight excluding hydrogens is 370 g/mol. The van der Waals surface area contributed by atoms with Gasteiger partial charge in [-0.2, -0.15) is 0 Å². The van der Waals surface area contributed by atoms with E-state index in [0.717, 1.165) is 12.0 Å². The molecule has 0 saturated heterocycles. The number of fused-ring (bicyclic) bond motifs is 1. The predicted octanol–water partition coefficient (Wildman–Crippen LogP) is 1.64. The summed E-state index contributed by atoms with van der Waals surface area (Å²) < 4.78 is 10.7. The lowest BCUT2D eigenvalue weighted by molar-refractivity contribution is -0.132. The number of nitrogens with two attached hydrogens (primary N) is 1. The van der Waals surface area contributed by atoms with Gasteiger partial charge in [-0.25, -0.2) is 0 Å². The molecule has 0 fully saturated rings. The molecule has 8 heteroatoms. The summed E-state index contributed by atoms with van der Waals surface area (Å²) in [5.74, 6) is 1.27. The first kappa shape index (κ1) is 23.0. The van der Waals surface area contributed by atoms with Crippen LogP contribution in [-0.4, -0.2) is 49.6 Å². The summed E-state index contributed by atoms with van der Waals surface area (Å²) in [5, 5.41) is 2.76. The molecule has 0 radical (unpaired) electrons. The number of amides is 2. The second-order valence-electron chi connectivity index (χ2n) is 7.12. The van der Waals surface area contributed by atoms with Crippen molar-refractivity contribution in [1.82, 2.24) is 10.2 Å². The van der Waals surface area contributed by atoms with Crippen LogP contribution in [-0.2, 0) is 22.6 Å². The first-order chi connectivity index (χ1) is 12.3. The van der Waals surface area contributed by atoms with Crippen LogP contribution < -0.4 is 20.5 Å². The van der Waals surface area contributed by atoms with E-state index in [1.165, 1.54) is 5.56 Å². The third kappa shape index (κ3) is 6.01. The minimum atomic E-state index is -0.902. The van der Waals surface area contributed by atoms with Crippen molar-refractivity contribution in [3.63, 3.8) is 0 Å². The molecular formula is C19H30ClN3O4. The maximum absolute atomic E-state index is 12.5. The van der Waals surface area contributed by atoms with Gasteiger partial charge in [0, 0.05) is 26.1 Å². The minimum absolute atomic E-state index is 0. The smallest absolute Gasteiger partial charge is 0.239 e. The molecule has 0 saturated carbocycles. The lowest BCUT2D eigenvalue weighted by atomic mass is 9.98. The number of nitrogens with zero attached hydrogens (tertiary/aromatic N) is 1. The number of benzene rings is 1. The second kappa shape index (κ2) is 9.80. The number of carbonyl (C=O) groups excluding carboxylic acids is 2. The molecule has 0 aliphatic carbocycles. The van der Waals surface area contributed by atoms with Crippen LogP contribution in [0.25, 0.3) is 0 Å². The molecule has 1 aromatic carbocycles. The van der Waals surface area contributed by atoms with Crippen molar-refractivity contribution in [2.75, 3.05) is 27.3 Å². The molecule has 2 rings (SSSR count). The molecule has 152 valence electrons. The number of rotatable bonds is 7. The van der Waals surface area contributed by atoms with Crippen LogP contribution in [0.15, 0.2) is 12.1 Å². The highest BCUT2D eigenvalue weighted by Crippen LogP contribution is 2.33. The van der Waals surface area contributed by atoms with Crippen molar-refractivity contribution in [3.8, 4) is 11.5 Å². The van der Waals surface area contributed by atoms with Crippen molar-refractivity contribution in [2.24, 2.45) is 5.73 Å². The van der Waals surface area contributed by atoms with E-state index < -0.39 is 5.54 Å². The van der Waals surface area contributed by atoms with Crippen LogP contribution in [0.3, 0.4) is 0 Å². The third-order valence-electron chi connectivity index (χ3n) is 4.51. The first-order valence-corrected chi connectivity index (χ1v) is 8.85. The zero-order valence-corrected chi connectivity index (χ0v) is 17.3. The Morgan fingerprint density at radius 3 is 2.33 bits per heavy atom. The Kier molecular flexibility index (Phi) is 8.37. The summed E-state index contributed by atoms with van der Waals surface area (Å²) >= 11 is 0. The number of ether oxygens (including phenoxy) is 2. The highest BCUT2D eigenvalue weighted by molar-refractivity contribution is 5.85. The van der Waals surface area contributed by atoms with Crippen molar-refractivity contribution < 1.29 is 19.1 Å². The number of nitrogens with one attached hydrogen (secondary N) is 1. The predicted molar refractivity (Wildman–Crippen MR) is 106 cm³/mol. The highest BCUT2D eigenvalue weighted by atomic mass is 35.5. The monoisotopic (exact) mass is 399 g/mol. The summed E-state index contributed by atoms with van der Waals surface area (Å²) in [7, 11) is 3.22. The molecule has 0 unspecified atom stereocenters. The summed E-state index contributed by atoms with van der Waals surface area (Å²) in [6.07, 6.45) is 1.78. The Labute approximate surface area is 167 Å². The number of halogens is 1. The molecule has 3 N–H and O–H groups in total. The van der Waals surface area contributed by atoms with Gasteiger partial charge < -0.3 is 25.4 Å². The van der Waals surface area contributed by atoms with E-state index in [2.05, 4.69) is 5.32 Å². The maximum atomic E-state index is 12.5. The van der Waals surface area contributed by atoms with Crippen molar-refractivity contribution in [2.45, 2.75) is 45.2 Å². The molecule has 27 heavy (non-hydrogen) atoms. The fourth-order valence-electron chi connectivity index (χ4n) is 2.92.